The van der Waals surface area contributed by atoms with Crippen molar-refractivity contribution >= 4 is 5.97 Å². The fraction of sp³-hybridized carbons (Fsp3) is 0.292. The van der Waals surface area contributed by atoms with Gasteiger partial charge in [-0.05, 0) is 54.3 Å². The molecule has 3 rings (SSSR count). The second kappa shape index (κ2) is 9.73. The molecule has 2 aromatic carbocycles. The fourth-order valence-electron chi connectivity index (χ4n) is 3.32. The predicted molar refractivity (Wildman–Crippen MR) is 110 cm³/mol. The summed E-state index contributed by atoms with van der Waals surface area (Å²) >= 11 is 0. The van der Waals surface area contributed by atoms with E-state index in [0.717, 1.165) is 23.5 Å². The lowest BCUT2D eigenvalue weighted by Gasteiger charge is -2.07. The molecule has 3 aromatic rings. The van der Waals surface area contributed by atoms with E-state index in [1.807, 2.05) is 13.0 Å². The molecular formula is C24H23F3O4. The summed E-state index contributed by atoms with van der Waals surface area (Å²) in [6.07, 6.45) is -2.34. The number of rotatable bonds is 9. The topological polar surface area (TPSA) is 59.7 Å². The third-order valence-electron chi connectivity index (χ3n) is 4.83. The molecule has 0 amide bonds. The maximum atomic E-state index is 12.8. The van der Waals surface area contributed by atoms with Gasteiger partial charge >= 0.3 is 12.1 Å². The molecule has 0 fully saturated rings. The van der Waals surface area contributed by atoms with E-state index in [9.17, 15) is 18.0 Å². The molecule has 0 aliphatic heterocycles. The SMILES string of the molecule is CCc1oc(-c2ccc(C(F)(F)F)cc2)cc1CCCOc1cccc(CC(=O)O)c1. The molecule has 1 heterocycles. The highest BCUT2D eigenvalue weighted by molar-refractivity contribution is 5.70. The molecule has 1 N–H and O–H groups in total. The number of aryl methyl sites for hydroxylation is 2. The largest absolute Gasteiger partial charge is 0.494 e. The summed E-state index contributed by atoms with van der Waals surface area (Å²) in [7, 11) is 0. The van der Waals surface area contributed by atoms with Gasteiger partial charge in [0.2, 0.25) is 0 Å². The van der Waals surface area contributed by atoms with Crippen LogP contribution >= 0.6 is 0 Å². The summed E-state index contributed by atoms with van der Waals surface area (Å²) in [6, 6.07) is 13.8. The number of ether oxygens (including phenoxy) is 1. The Balaban J connectivity index is 1.60. The van der Waals surface area contributed by atoms with Crippen molar-refractivity contribution in [1.29, 1.82) is 0 Å². The maximum Gasteiger partial charge on any atom is 0.416 e. The molecule has 4 nitrogen and oxygen atoms in total. The number of hydrogen-bond acceptors (Lipinski definition) is 3. The molecule has 164 valence electrons. The maximum absolute atomic E-state index is 12.8. The van der Waals surface area contributed by atoms with E-state index in [1.54, 1.807) is 24.3 Å². The van der Waals surface area contributed by atoms with Gasteiger partial charge in [0.05, 0.1) is 18.6 Å². The molecule has 0 aliphatic rings. The zero-order valence-corrected chi connectivity index (χ0v) is 17.0. The van der Waals surface area contributed by atoms with Gasteiger partial charge in [-0.15, -0.1) is 0 Å². The minimum absolute atomic E-state index is 0.0567. The number of benzene rings is 2. The number of carboxylic acids is 1. The van der Waals surface area contributed by atoms with Crippen molar-refractivity contribution in [2.75, 3.05) is 6.61 Å². The van der Waals surface area contributed by atoms with E-state index >= 15 is 0 Å². The second-order valence-corrected chi connectivity index (χ2v) is 7.16. The molecule has 0 saturated heterocycles. The molecule has 1 aromatic heterocycles. The molecule has 31 heavy (non-hydrogen) atoms. The Morgan fingerprint density at radius 2 is 1.84 bits per heavy atom. The van der Waals surface area contributed by atoms with Gasteiger partial charge < -0.3 is 14.3 Å². The van der Waals surface area contributed by atoms with Crippen molar-refractivity contribution < 1.29 is 32.2 Å². The van der Waals surface area contributed by atoms with Gasteiger partial charge in [0.15, 0.2) is 0 Å². The summed E-state index contributed by atoms with van der Waals surface area (Å²) in [5.41, 5.74) is 1.58. The summed E-state index contributed by atoms with van der Waals surface area (Å²) in [5, 5.41) is 8.88. The van der Waals surface area contributed by atoms with Gasteiger partial charge in [0.25, 0.3) is 0 Å². The normalized spacial score (nSPS) is 11.5. The third kappa shape index (κ3) is 6.13. The van der Waals surface area contributed by atoms with Crippen LogP contribution in [0.1, 0.15) is 35.8 Å². The lowest BCUT2D eigenvalue weighted by Crippen LogP contribution is -2.03. The molecular weight excluding hydrogens is 409 g/mol. The fourth-order valence-corrected chi connectivity index (χ4v) is 3.32. The zero-order chi connectivity index (χ0) is 22.4. The van der Waals surface area contributed by atoms with E-state index in [0.29, 0.717) is 48.5 Å². The number of halogens is 3. The van der Waals surface area contributed by atoms with Gasteiger partial charge in [-0.3, -0.25) is 4.79 Å². The number of alkyl halides is 3. The number of furan rings is 1. The highest BCUT2D eigenvalue weighted by atomic mass is 19.4. The highest BCUT2D eigenvalue weighted by Crippen LogP contribution is 2.32. The van der Waals surface area contributed by atoms with Crippen molar-refractivity contribution in [1.82, 2.24) is 0 Å². The summed E-state index contributed by atoms with van der Waals surface area (Å²) in [4.78, 5) is 10.8. The lowest BCUT2D eigenvalue weighted by atomic mass is 10.1. The lowest BCUT2D eigenvalue weighted by molar-refractivity contribution is -0.138. The number of carbonyl (C=O) groups is 1. The van der Waals surface area contributed by atoms with Crippen LogP contribution < -0.4 is 4.74 Å². The van der Waals surface area contributed by atoms with E-state index in [-0.39, 0.29) is 6.42 Å². The Hall–Kier alpha value is -3.22. The molecule has 0 unspecified atom stereocenters. The number of carboxylic acid groups (broad SMARTS) is 1. The summed E-state index contributed by atoms with van der Waals surface area (Å²) in [5.74, 6) is 1.07. The van der Waals surface area contributed by atoms with Gasteiger partial charge in [-0.25, -0.2) is 0 Å². The second-order valence-electron chi connectivity index (χ2n) is 7.16. The molecule has 0 radical (unpaired) electrons. The average Bonchev–Trinajstić information content (AvgIpc) is 3.14. The molecule has 7 heteroatoms. The smallest absolute Gasteiger partial charge is 0.416 e. The van der Waals surface area contributed by atoms with Crippen LogP contribution in [-0.2, 0) is 30.2 Å². The van der Waals surface area contributed by atoms with Crippen molar-refractivity contribution in [3.8, 4) is 17.1 Å². The van der Waals surface area contributed by atoms with Crippen molar-refractivity contribution in [3.05, 3.63) is 77.0 Å². The van der Waals surface area contributed by atoms with E-state index in [4.69, 9.17) is 14.3 Å². The van der Waals surface area contributed by atoms with Crippen LogP contribution in [0.15, 0.2) is 59.0 Å². The van der Waals surface area contributed by atoms with E-state index < -0.39 is 17.7 Å². The van der Waals surface area contributed by atoms with Crippen LogP contribution in [0.25, 0.3) is 11.3 Å². The predicted octanol–water partition coefficient (Wildman–Crippen LogP) is 6.17. The Bertz CT molecular complexity index is 1020. The van der Waals surface area contributed by atoms with Crippen LogP contribution in [0, 0.1) is 0 Å². The quantitative estimate of drug-likeness (QED) is 0.411. The van der Waals surface area contributed by atoms with Crippen LogP contribution in [0.5, 0.6) is 5.75 Å². The van der Waals surface area contributed by atoms with Crippen molar-refractivity contribution in [2.45, 2.75) is 38.8 Å². The molecule has 0 bridgehead atoms. The Morgan fingerprint density at radius 3 is 2.48 bits per heavy atom. The van der Waals surface area contributed by atoms with E-state index in [1.165, 1.54) is 12.1 Å². The molecule has 0 saturated carbocycles. The number of hydrogen-bond donors (Lipinski definition) is 1. The van der Waals surface area contributed by atoms with Crippen molar-refractivity contribution in [3.63, 3.8) is 0 Å². The van der Waals surface area contributed by atoms with Gasteiger partial charge in [-0.2, -0.15) is 13.2 Å². The highest BCUT2D eigenvalue weighted by Gasteiger charge is 2.30. The third-order valence-corrected chi connectivity index (χ3v) is 4.83. The molecule has 0 spiro atoms. The van der Waals surface area contributed by atoms with Crippen LogP contribution in [0.4, 0.5) is 13.2 Å². The van der Waals surface area contributed by atoms with Crippen LogP contribution in [0.2, 0.25) is 0 Å². The minimum Gasteiger partial charge on any atom is -0.494 e. The first kappa shape index (κ1) is 22.5. The summed E-state index contributed by atoms with van der Waals surface area (Å²) < 4.78 is 49.9. The van der Waals surface area contributed by atoms with Crippen LogP contribution in [-0.4, -0.2) is 17.7 Å². The Labute approximate surface area is 178 Å². The number of aliphatic carboxylic acids is 1. The zero-order valence-electron chi connectivity index (χ0n) is 17.0. The monoisotopic (exact) mass is 432 g/mol. The van der Waals surface area contributed by atoms with E-state index in [2.05, 4.69) is 0 Å². The first-order chi connectivity index (χ1) is 14.8. The minimum atomic E-state index is -4.37. The first-order valence-corrected chi connectivity index (χ1v) is 9.99. The Morgan fingerprint density at radius 1 is 1.10 bits per heavy atom. The first-order valence-electron chi connectivity index (χ1n) is 9.99. The summed E-state index contributed by atoms with van der Waals surface area (Å²) in [6.45, 7) is 2.41. The van der Waals surface area contributed by atoms with Crippen LogP contribution in [0.3, 0.4) is 0 Å². The van der Waals surface area contributed by atoms with Gasteiger partial charge in [0, 0.05) is 12.0 Å². The van der Waals surface area contributed by atoms with Gasteiger partial charge in [-0.1, -0.05) is 31.2 Å². The standard InChI is InChI=1S/C24H23F3O4/c1-2-21-18(6-4-12-30-20-7-3-5-16(13-20)14-23(28)29)15-22(31-21)17-8-10-19(11-9-17)24(25,26)27/h3,5,7-11,13,15H,2,4,6,12,14H2,1H3,(H,28,29). The average molecular weight is 432 g/mol. The molecule has 0 atom stereocenters. The Kier molecular flexibility index (Phi) is 7.05. The molecule has 0 aliphatic carbocycles. The van der Waals surface area contributed by atoms with Crippen molar-refractivity contribution in [2.24, 2.45) is 0 Å². The van der Waals surface area contributed by atoms with Gasteiger partial charge in [0.1, 0.15) is 17.3 Å².